The Labute approximate surface area is 174 Å². The molecular formula is C22H38NO6+. The molecule has 0 aliphatic heterocycles. The van der Waals surface area contributed by atoms with Crippen molar-refractivity contribution in [3.8, 4) is 0 Å². The number of quaternary nitrogens is 1. The molecule has 0 aliphatic carbocycles. The van der Waals surface area contributed by atoms with Crippen LogP contribution in [0.5, 0.6) is 0 Å². The highest BCUT2D eigenvalue weighted by Crippen LogP contribution is 2.08. The lowest BCUT2D eigenvalue weighted by Crippen LogP contribution is -2.50. The van der Waals surface area contributed by atoms with Gasteiger partial charge in [-0.25, -0.2) is 4.79 Å². The Kier molecular flexibility index (Phi) is 14.8. The molecule has 0 aromatic rings. The lowest BCUT2D eigenvalue weighted by molar-refractivity contribution is -0.887. The number of aliphatic carboxylic acids is 1. The Bertz CT molecular complexity index is 548. The van der Waals surface area contributed by atoms with Crippen LogP contribution in [-0.2, 0) is 19.1 Å². The number of carboxylic acid groups (broad SMARTS) is 1. The Morgan fingerprint density at radius 1 is 0.966 bits per heavy atom. The van der Waals surface area contributed by atoms with Gasteiger partial charge in [-0.1, -0.05) is 43.4 Å². The molecule has 29 heavy (non-hydrogen) atoms. The number of hydrogen-bond donors (Lipinski definition) is 2. The molecular weight excluding hydrogens is 374 g/mol. The summed E-state index contributed by atoms with van der Waals surface area (Å²) in [5.74, 6) is -1.29. The Morgan fingerprint density at radius 3 is 2.10 bits per heavy atom. The molecule has 166 valence electrons. The van der Waals surface area contributed by atoms with Crippen molar-refractivity contribution < 1.29 is 33.8 Å². The molecule has 0 saturated heterocycles. The van der Waals surface area contributed by atoms with Crippen molar-refractivity contribution in [2.24, 2.45) is 0 Å². The zero-order chi connectivity index (χ0) is 22.1. The van der Waals surface area contributed by atoms with Gasteiger partial charge in [0.1, 0.15) is 12.7 Å². The van der Waals surface area contributed by atoms with Gasteiger partial charge in [0, 0.05) is 6.42 Å². The number of aliphatic hydroxyl groups excluding tert-OH is 1. The van der Waals surface area contributed by atoms with Crippen molar-refractivity contribution in [1.82, 2.24) is 0 Å². The summed E-state index contributed by atoms with van der Waals surface area (Å²) in [6, 6.07) is -0.584. The number of hydrogen-bond acceptors (Lipinski definition) is 5. The minimum absolute atomic E-state index is 0.0100. The Morgan fingerprint density at radius 2 is 1.55 bits per heavy atom. The van der Waals surface area contributed by atoms with Gasteiger partial charge in [0.25, 0.3) is 0 Å². The Balaban J connectivity index is 3.87. The van der Waals surface area contributed by atoms with Crippen molar-refractivity contribution in [2.75, 3.05) is 41.0 Å². The van der Waals surface area contributed by atoms with Crippen molar-refractivity contribution >= 4 is 11.9 Å². The van der Waals surface area contributed by atoms with Crippen LogP contribution < -0.4 is 0 Å². The second-order valence-electron chi connectivity index (χ2n) is 7.67. The maximum atomic E-state index is 11.6. The summed E-state index contributed by atoms with van der Waals surface area (Å²) in [7, 11) is 5.42. The highest BCUT2D eigenvalue weighted by atomic mass is 16.5. The topological polar surface area (TPSA) is 93.1 Å². The lowest BCUT2D eigenvalue weighted by atomic mass is 10.1. The molecule has 0 aromatic heterocycles. The van der Waals surface area contributed by atoms with Crippen LogP contribution in [0, 0.1) is 0 Å². The SMILES string of the molecule is CC/C=C/C/C=C/C/C=C/CC(=O)OCC(O)COCCC(C(=O)O)[N+](C)(C)C. The van der Waals surface area contributed by atoms with Crippen LogP contribution in [0.1, 0.15) is 39.0 Å². The molecule has 0 amide bonds. The van der Waals surface area contributed by atoms with Crippen LogP contribution in [-0.4, -0.2) is 79.7 Å². The number of aliphatic hydroxyl groups is 1. The molecule has 0 aliphatic rings. The molecule has 0 radical (unpaired) electrons. The fourth-order valence-electron chi connectivity index (χ4n) is 2.44. The van der Waals surface area contributed by atoms with Crippen LogP contribution in [0.2, 0.25) is 0 Å². The molecule has 0 saturated carbocycles. The molecule has 0 aromatic carbocycles. The molecule has 0 spiro atoms. The number of likely N-dealkylation sites (N-methyl/N-ethyl adjacent to an activating group) is 1. The minimum atomic E-state index is -0.936. The average Bonchev–Trinajstić information content (AvgIpc) is 2.63. The van der Waals surface area contributed by atoms with Gasteiger partial charge in [-0.2, -0.15) is 0 Å². The zero-order valence-corrected chi connectivity index (χ0v) is 18.3. The van der Waals surface area contributed by atoms with E-state index in [1.54, 1.807) is 6.08 Å². The van der Waals surface area contributed by atoms with Crippen molar-refractivity contribution in [1.29, 1.82) is 0 Å². The molecule has 7 nitrogen and oxygen atoms in total. The number of carboxylic acids is 1. The fourth-order valence-corrected chi connectivity index (χ4v) is 2.44. The molecule has 2 N–H and O–H groups in total. The first-order valence-electron chi connectivity index (χ1n) is 10.1. The summed E-state index contributed by atoms with van der Waals surface area (Å²) in [6.45, 7) is 2.15. The second-order valence-corrected chi connectivity index (χ2v) is 7.67. The highest BCUT2D eigenvalue weighted by molar-refractivity contribution is 5.72. The fraction of sp³-hybridized carbons (Fsp3) is 0.636. The summed E-state index contributed by atoms with van der Waals surface area (Å²) in [6.07, 6.45) is 14.2. The van der Waals surface area contributed by atoms with E-state index in [1.165, 1.54) is 0 Å². The van der Waals surface area contributed by atoms with Gasteiger partial charge in [0.05, 0.1) is 40.8 Å². The standard InChI is InChI=1S/C22H37NO6/c1-5-6-7-8-9-10-11-12-13-14-21(25)29-18-19(24)17-28-16-15-20(22(26)27)23(2,3)4/h6-7,9-10,12-13,19-20,24H,5,8,11,14-18H2,1-4H3/p+1/b7-6+,10-9+,13-12+. The summed E-state index contributed by atoms with van der Waals surface area (Å²) >= 11 is 0. The van der Waals surface area contributed by atoms with Gasteiger partial charge in [-0.05, 0) is 19.3 Å². The van der Waals surface area contributed by atoms with Crippen LogP contribution in [0.25, 0.3) is 0 Å². The van der Waals surface area contributed by atoms with E-state index < -0.39 is 24.1 Å². The quantitative estimate of drug-likeness (QED) is 0.175. The third-order valence-electron chi connectivity index (χ3n) is 4.07. The molecule has 0 heterocycles. The molecule has 2 atom stereocenters. The van der Waals surface area contributed by atoms with Gasteiger partial charge >= 0.3 is 11.9 Å². The minimum Gasteiger partial charge on any atom is -0.477 e. The van der Waals surface area contributed by atoms with Gasteiger partial charge < -0.3 is 24.2 Å². The molecule has 0 bridgehead atoms. The van der Waals surface area contributed by atoms with Crippen LogP contribution in [0.3, 0.4) is 0 Å². The van der Waals surface area contributed by atoms with Gasteiger partial charge in [0.15, 0.2) is 6.04 Å². The Hall–Kier alpha value is -1.96. The summed E-state index contributed by atoms with van der Waals surface area (Å²) in [5, 5.41) is 19.0. The first-order valence-corrected chi connectivity index (χ1v) is 10.1. The average molecular weight is 413 g/mol. The van der Waals surface area contributed by atoms with Gasteiger partial charge in [-0.3, -0.25) is 4.79 Å². The summed E-state index contributed by atoms with van der Waals surface area (Å²) < 4.78 is 10.6. The molecule has 0 fully saturated rings. The smallest absolute Gasteiger partial charge is 0.362 e. The summed E-state index contributed by atoms with van der Waals surface area (Å²) in [4.78, 5) is 22.9. The lowest BCUT2D eigenvalue weighted by Gasteiger charge is -2.31. The first-order chi connectivity index (χ1) is 13.7. The number of esters is 1. The number of rotatable bonds is 16. The number of allylic oxidation sites excluding steroid dienone is 5. The van der Waals surface area contributed by atoms with E-state index in [9.17, 15) is 19.8 Å². The summed E-state index contributed by atoms with van der Waals surface area (Å²) in [5.41, 5.74) is 0. The molecule has 2 unspecified atom stereocenters. The van der Waals surface area contributed by atoms with E-state index in [0.717, 1.165) is 19.3 Å². The van der Waals surface area contributed by atoms with E-state index in [1.807, 2.05) is 33.3 Å². The van der Waals surface area contributed by atoms with E-state index in [-0.39, 0.29) is 30.7 Å². The third kappa shape index (κ3) is 15.6. The number of carbonyl (C=O) groups is 2. The van der Waals surface area contributed by atoms with E-state index in [2.05, 4.69) is 25.2 Å². The number of ether oxygens (including phenoxy) is 2. The van der Waals surface area contributed by atoms with Crippen molar-refractivity contribution in [2.45, 2.75) is 51.2 Å². The van der Waals surface area contributed by atoms with Crippen LogP contribution in [0.15, 0.2) is 36.5 Å². The predicted molar refractivity (Wildman–Crippen MR) is 113 cm³/mol. The van der Waals surface area contributed by atoms with Crippen LogP contribution >= 0.6 is 0 Å². The van der Waals surface area contributed by atoms with E-state index in [4.69, 9.17) is 9.47 Å². The van der Waals surface area contributed by atoms with Crippen molar-refractivity contribution in [3.05, 3.63) is 36.5 Å². The molecule has 7 heteroatoms. The van der Waals surface area contributed by atoms with Gasteiger partial charge in [-0.15, -0.1) is 0 Å². The monoisotopic (exact) mass is 412 g/mol. The normalized spacial score (nSPS) is 14.7. The van der Waals surface area contributed by atoms with Gasteiger partial charge in [0.2, 0.25) is 0 Å². The largest absolute Gasteiger partial charge is 0.477 e. The maximum Gasteiger partial charge on any atom is 0.362 e. The maximum absolute atomic E-state index is 11.6. The predicted octanol–water partition coefficient (Wildman–Crippen LogP) is 2.71. The molecule has 0 rings (SSSR count). The second kappa shape index (κ2) is 15.9. The van der Waals surface area contributed by atoms with E-state index in [0.29, 0.717) is 6.42 Å². The number of nitrogens with zero attached hydrogens (tertiary/aromatic N) is 1. The third-order valence-corrected chi connectivity index (χ3v) is 4.07. The highest BCUT2D eigenvalue weighted by Gasteiger charge is 2.30. The van der Waals surface area contributed by atoms with Crippen molar-refractivity contribution in [3.63, 3.8) is 0 Å². The van der Waals surface area contributed by atoms with Crippen LogP contribution in [0.4, 0.5) is 0 Å². The number of carbonyl (C=O) groups excluding carboxylic acids is 1. The van der Waals surface area contributed by atoms with E-state index >= 15 is 0 Å². The first kappa shape index (κ1) is 27.0. The zero-order valence-electron chi connectivity index (χ0n) is 18.3.